The molecule has 1 aromatic rings. The zero-order chi connectivity index (χ0) is 9.76. The Kier molecular flexibility index (Phi) is 1.66. The Labute approximate surface area is 95.4 Å². The first-order valence-corrected chi connectivity index (χ1v) is 5.73. The van der Waals surface area contributed by atoms with E-state index < -0.39 is 0 Å². The predicted molar refractivity (Wildman–Crippen MR) is 60.2 cm³/mol. The van der Waals surface area contributed by atoms with Crippen LogP contribution in [-0.2, 0) is 5.41 Å². The first-order chi connectivity index (χ1) is 6.71. The summed E-state index contributed by atoms with van der Waals surface area (Å²) in [7, 11) is 0. The van der Waals surface area contributed by atoms with E-state index in [1.807, 2.05) is 12.3 Å². The third-order valence-corrected chi connectivity index (χ3v) is 3.72. The van der Waals surface area contributed by atoms with Crippen molar-refractivity contribution in [3.8, 4) is 0 Å². The van der Waals surface area contributed by atoms with Crippen LogP contribution in [0.3, 0.4) is 0 Å². The minimum Gasteiger partial charge on any atom is -0.351 e. The van der Waals surface area contributed by atoms with Crippen LogP contribution in [-0.4, -0.2) is 17.4 Å². The quantitative estimate of drug-likeness (QED) is 0.582. The Hall–Kier alpha value is -0.650. The van der Waals surface area contributed by atoms with Crippen molar-refractivity contribution in [2.75, 3.05) is 6.54 Å². The fraction of sp³-hybridized carbons (Fsp3) is 0.400. The number of halogens is 1. The molecule has 1 spiro atoms. The average molecular weight is 300 g/mol. The number of carbonyl (C=O) groups is 1. The molecule has 1 amide bonds. The normalized spacial score (nSPS) is 21.6. The van der Waals surface area contributed by atoms with Crippen molar-refractivity contribution >= 4 is 28.5 Å². The maximum Gasteiger partial charge on any atom is 0.251 e. The molecule has 3 rings (SSSR count). The number of carbonyl (C=O) groups excluding carboxylic acids is 1. The molecule has 0 aromatic carbocycles. The highest BCUT2D eigenvalue weighted by atomic mass is 127. The van der Waals surface area contributed by atoms with Crippen LogP contribution in [0.2, 0.25) is 0 Å². The van der Waals surface area contributed by atoms with Gasteiger partial charge in [-0.25, -0.2) is 4.98 Å². The summed E-state index contributed by atoms with van der Waals surface area (Å²) in [6.45, 7) is 0.793. The van der Waals surface area contributed by atoms with Crippen LogP contribution >= 0.6 is 22.6 Å². The van der Waals surface area contributed by atoms with Gasteiger partial charge < -0.3 is 5.32 Å². The minimum atomic E-state index is 0.0536. The van der Waals surface area contributed by atoms with Crippen molar-refractivity contribution in [1.82, 2.24) is 10.3 Å². The molecular formula is C10H9IN2O. The lowest BCUT2D eigenvalue weighted by Gasteiger charge is -2.24. The first kappa shape index (κ1) is 8.64. The van der Waals surface area contributed by atoms with E-state index in [1.165, 1.54) is 12.8 Å². The van der Waals surface area contributed by atoms with Gasteiger partial charge in [0.05, 0.1) is 0 Å². The van der Waals surface area contributed by atoms with E-state index in [0.29, 0.717) is 0 Å². The van der Waals surface area contributed by atoms with Crippen molar-refractivity contribution in [2.24, 2.45) is 0 Å². The molecule has 0 unspecified atom stereocenters. The van der Waals surface area contributed by atoms with Crippen molar-refractivity contribution in [3.63, 3.8) is 0 Å². The highest BCUT2D eigenvalue weighted by Gasteiger charge is 2.49. The number of hydrogen-bond donors (Lipinski definition) is 1. The van der Waals surface area contributed by atoms with Crippen LogP contribution in [0.4, 0.5) is 0 Å². The second kappa shape index (κ2) is 2.68. The van der Waals surface area contributed by atoms with Crippen LogP contribution in [0.25, 0.3) is 0 Å². The van der Waals surface area contributed by atoms with Gasteiger partial charge in [0, 0.05) is 23.7 Å². The molecule has 1 fully saturated rings. The van der Waals surface area contributed by atoms with Gasteiger partial charge in [0.1, 0.15) is 3.70 Å². The lowest BCUT2D eigenvalue weighted by atomic mass is 9.89. The summed E-state index contributed by atoms with van der Waals surface area (Å²) >= 11 is 2.14. The minimum absolute atomic E-state index is 0.0536. The Morgan fingerprint density at radius 1 is 1.50 bits per heavy atom. The molecule has 1 aliphatic heterocycles. The summed E-state index contributed by atoms with van der Waals surface area (Å²) in [6, 6.07) is 1.88. The molecular weight excluding hydrogens is 291 g/mol. The maximum absolute atomic E-state index is 11.6. The number of pyridine rings is 1. The summed E-state index contributed by atoms with van der Waals surface area (Å²) in [6.07, 6.45) is 4.24. The SMILES string of the molecule is O=C1NCC2(CC2)c2cnc(I)cc21. The lowest BCUT2D eigenvalue weighted by Crippen LogP contribution is -2.39. The van der Waals surface area contributed by atoms with Gasteiger partial charge in [0.15, 0.2) is 0 Å². The van der Waals surface area contributed by atoms with E-state index in [0.717, 1.165) is 21.4 Å². The molecule has 1 saturated carbocycles. The Bertz CT molecular complexity index is 426. The Balaban J connectivity index is 2.21. The number of fused-ring (bicyclic) bond motifs is 2. The molecule has 0 bridgehead atoms. The van der Waals surface area contributed by atoms with E-state index in [9.17, 15) is 4.79 Å². The van der Waals surface area contributed by atoms with E-state index in [4.69, 9.17) is 0 Å². The van der Waals surface area contributed by atoms with Gasteiger partial charge in [-0.15, -0.1) is 0 Å². The number of rotatable bonds is 0. The van der Waals surface area contributed by atoms with Gasteiger partial charge in [-0.1, -0.05) is 0 Å². The molecule has 2 heterocycles. The molecule has 3 nitrogen and oxygen atoms in total. The Morgan fingerprint density at radius 2 is 2.29 bits per heavy atom. The van der Waals surface area contributed by atoms with E-state index >= 15 is 0 Å². The third-order valence-electron chi connectivity index (χ3n) is 3.13. The highest BCUT2D eigenvalue weighted by molar-refractivity contribution is 14.1. The zero-order valence-corrected chi connectivity index (χ0v) is 9.67. The zero-order valence-electron chi connectivity index (χ0n) is 7.51. The number of nitrogens with zero attached hydrogens (tertiary/aromatic N) is 1. The van der Waals surface area contributed by atoms with E-state index in [2.05, 4.69) is 32.9 Å². The molecule has 0 radical (unpaired) electrons. The van der Waals surface area contributed by atoms with E-state index in [1.54, 1.807) is 0 Å². The molecule has 4 heteroatoms. The molecule has 0 saturated heterocycles. The molecule has 1 aromatic heterocycles. The third kappa shape index (κ3) is 1.09. The van der Waals surface area contributed by atoms with E-state index in [-0.39, 0.29) is 11.3 Å². The fourth-order valence-corrected chi connectivity index (χ4v) is 2.53. The van der Waals surface area contributed by atoms with Gasteiger partial charge in [0.2, 0.25) is 0 Å². The average Bonchev–Trinajstić information content (AvgIpc) is 2.93. The van der Waals surface area contributed by atoms with Crippen molar-refractivity contribution in [2.45, 2.75) is 18.3 Å². The second-order valence-electron chi connectivity index (χ2n) is 4.02. The van der Waals surface area contributed by atoms with Crippen LogP contribution in [0.15, 0.2) is 12.3 Å². The molecule has 72 valence electrons. The summed E-state index contributed by atoms with van der Waals surface area (Å²) in [5, 5.41) is 2.95. The van der Waals surface area contributed by atoms with Crippen molar-refractivity contribution < 1.29 is 4.79 Å². The number of nitrogens with one attached hydrogen (secondary N) is 1. The smallest absolute Gasteiger partial charge is 0.251 e. The predicted octanol–water partition coefficient (Wildman–Crippen LogP) is 1.46. The van der Waals surface area contributed by atoms with Gasteiger partial charge >= 0.3 is 0 Å². The molecule has 1 aliphatic carbocycles. The monoisotopic (exact) mass is 300 g/mol. The largest absolute Gasteiger partial charge is 0.351 e. The fourth-order valence-electron chi connectivity index (χ4n) is 2.08. The van der Waals surface area contributed by atoms with Gasteiger partial charge in [-0.2, -0.15) is 0 Å². The lowest BCUT2D eigenvalue weighted by molar-refractivity contribution is 0.0937. The van der Waals surface area contributed by atoms with Crippen LogP contribution in [0, 0.1) is 3.70 Å². The first-order valence-electron chi connectivity index (χ1n) is 4.66. The number of hydrogen-bond acceptors (Lipinski definition) is 2. The molecule has 14 heavy (non-hydrogen) atoms. The van der Waals surface area contributed by atoms with Crippen LogP contribution in [0.1, 0.15) is 28.8 Å². The summed E-state index contributed by atoms with van der Waals surface area (Å²) in [5.41, 5.74) is 2.22. The Morgan fingerprint density at radius 3 is 3.00 bits per heavy atom. The van der Waals surface area contributed by atoms with Gasteiger partial charge in [-0.3, -0.25) is 4.79 Å². The molecule has 2 aliphatic rings. The van der Waals surface area contributed by atoms with Crippen LogP contribution in [0.5, 0.6) is 0 Å². The van der Waals surface area contributed by atoms with Gasteiger partial charge in [0.25, 0.3) is 5.91 Å². The second-order valence-corrected chi connectivity index (χ2v) is 5.12. The van der Waals surface area contributed by atoms with Crippen molar-refractivity contribution in [3.05, 3.63) is 27.1 Å². The maximum atomic E-state index is 11.6. The molecule has 1 N–H and O–H groups in total. The molecule has 0 atom stereocenters. The summed E-state index contributed by atoms with van der Waals surface area (Å²) in [5.74, 6) is 0.0536. The standard InChI is InChI=1S/C10H9IN2O/c11-8-3-6-7(4-12-8)10(1-2-10)5-13-9(6)14/h3-4H,1-2,5H2,(H,13,14). The highest BCUT2D eigenvalue weighted by Crippen LogP contribution is 2.50. The topological polar surface area (TPSA) is 42.0 Å². The van der Waals surface area contributed by atoms with Crippen LogP contribution < -0.4 is 5.32 Å². The van der Waals surface area contributed by atoms with Crippen molar-refractivity contribution in [1.29, 1.82) is 0 Å². The number of amides is 1. The summed E-state index contributed by atoms with van der Waals surface area (Å²) in [4.78, 5) is 15.9. The number of aromatic nitrogens is 1. The van der Waals surface area contributed by atoms with Gasteiger partial charge in [-0.05, 0) is 47.1 Å². The summed E-state index contributed by atoms with van der Waals surface area (Å²) < 4.78 is 0.884.